The quantitative estimate of drug-likeness (QED) is 0.183. The highest BCUT2D eigenvalue weighted by molar-refractivity contribution is 7.13. The standard InChI is InChI=1S/C31H37N7O3S/c1-36-26(4-2-3-12-32)20-38(35-36)25-8-9-27(29(19-25)41-17-15-37-14-13-33-31(37)39)30-34-24(21-42-30)7-5-22-6-10-28-23(18-22)11-16-40-28/h6,8-10,18-21H,2-5,7,11-17,32H2,1H3/p+1. The minimum atomic E-state index is -0.0424. The second-order valence-corrected chi connectivity index (χ2v) is 11.6. The Kier molecular flexibility index (Phi) is 8.66. The van der Waals surface area contributed by atoms with Gasteiger partial charge in [-0.2, -0.15) is 0 Å². The van der Waals surface area contributed by atoms with Crippen molar-refractivity contribution >= 4 is 17.4 Å². The molecule has 10 nitrogen and oxygen atoms in total. The number of urea groups is 1. The number of thiazole rings is 1. The normalized spacial score (nSPS) is 14.2. The summed E-state index contributed by atoms with van der Waals surface area (Å²) in [6, 6.07) is 12.6. The van der Waals surface area contributed by atoms with Crippen molar-refractivity contribution in [1.82, 2.24) is 25.1 Å². The number of unbranched alkanes of at least 4 members (excludes halogenated alkanes) is 1. The van der Waals surface area contributed by atoms with Crippen LogP contribution in [0.1, 0.15) is 35.4 Å². The average Bonchev–Trinajstić information content (AvgIpc) is 3.80. The van der Waals surface area contributed by atoms with Gasteiger partial charge in [0.25, 0.3) is 0 Å². The number of aromatic nitrogens is 4. The van der Waals surface area contributed by atoms with Gasteiger partial charge in [-0.15, -0.1) is 20.7 Å². The third-order valence-corrected chi connectivity index (χ3v) is 8.73. The molecule has 220 valence electrons. The van der Waals surface area contributed by atoms with Crippen LogP contribution >= 0.6 is 11.3 Å². The average molecular weight is 589 g/mol. The molecule has 4 heterocycles. The first kappa shape index (κ1) is 28.2. The van der Waals surface area contributed by atoms with Crippen molar-refractivity contribution in [2.45, 2.75) is 38.5 Å². The number of benzene rings is 2. The molecule has 2 aliphatic rings. The predicted octanol–water partition coefficient (Wildman–Crippen LogP) is 3.23. The zero-order chi connectivity index (χ0) is 28.9. The lowest BCUT2D eigenvalue weighted by atomic mass is 10.0. The molecule has 2 aromatic carbocycles. The maximum Gasteiger partial charge on any atom is 0.317 e. The third-order valence-electron chi connectivity index (χ3n) is 7.80. The molecule has 42 heavy (non-hydrogen) atoms. The Morgan fingerprint density at radius 3 is 2.95 bits per heavy atom. The SMILES string of the molecule is Cn1n[n+](-c2ccc(-c3nc(CCc4ccc5c(c4)CCO5)cs3)c(OCCN3CCNC3=O)c2)cc1CCCCN. The van der Waals surface area contributed by atoms with E-state index in [0.717, 1.165) is 84.3 Å². The van der Waals surface area contributed by atoms with E-state index >= 15 is 0 Å². The van der Waals surface area contributed by atoms with E-state index in [2.05, 4.69) is 47.2 Å². The van der Waals surface area contributed by atoms with Crippen molar-refractivity contribution in [2.75, 3.05) is 39.4 Å². The second-order valence-electron chi connectivity index (χ2n) is 10.8. The number of fused-ring (bicyclic) bond motifs is 1. The first-order chi connectivity index (χ1) is 20.6. The number of hydrogen-bond acceptors (Lipinski definition) is 7. The van der Waals surface area contributed by atoms with Gasteiger partial charge in [0.1, 0.15) is 30.2 Å². The summed E-state index contributed by atoms with van der Waals surface area (Å²) in [6.07, 6.45) is 7.79. The van der Waals surface area contributed by atoms with Gasteiger partial charge in [0, 0.05) is 37.4 Å². The Morgan fingerprint density at radius 2 is 2.10 bits per heavy atom. The summed E-state index contributed by atoms with van der Waals surface area (Å²) in [5, 5.41) is 10.6. The molecule has 0 bridgehead atoms. The van der Waals surface area contributed by atoms with E-state index in [-0.39, 0.29) is 6.03 Å². The van der Waals surface area contributed by atoms with E-state index in [1.807, 2.05) is 22.5 Å². The number of rotatable bonds is 13. The fourth-order valence-electron chi connectivity index (χ4n) is 5.41. The molecular formula is C31H38N7O3S+. The van der Waals surface area contributed by atoms with Crippen LogP contribution in [0.2, 0.25) is 0 Å². The molecule has 3 N–H and O–H groups in total. The van der Waals surface area contributed by atoms with Crippen LogP contribution in [-0.2, 0) is 32.7 Å². The van der Waals surface area contributed by atoms with Crippen molar-refractivity contribution in [3.8, 4) is 27.8 Å². The number of carbonyl (C=O) groups excluding carboxylic acids is 1. The van der Waals surface area contributed by atoms with Crippen LogP contribution < -0.4 is 25.2 Å². The third kappa shape index (κ3) is 6.42. The zero-order valence-electron chi connectivity index (χ0n) is 24.1. The molecule has 2 aromatic heterocycles. The fourth-order valence-corrected chi connectivity index (χ4v) is 6.29. The highest BCUT2D eigenvalue weighted by Crippen LogP contribution is 2.34. The van der Waals surface area contributed by atoms with Crippen LogP contribution in [0.25, 0.3) is 16.3 Å². The lowest BCUT2D eigenvalue weighted by Gasteiger charge is -2.16. The first-order valence-electron chi connectivity index (χ1n) is 14.7. The minimum Gasteiger partial charge on any atom is -0.493 e. The van der Waals surface area contributed by atoms with Crippen LogP contribution in [0.3, 0.4) is 0 Å². The fraction of sp³-hybridized carbons (Fsp3) is 0.419. The maximum atomic E-state index is 12.0. The van der Waals surface area contributed by atoms with Gasteiger partial charge < -0.3 is 25.4 Å². The van der Waals surface area contributed by atoms with E-state index in [1.54, 1.807) is 16.2 Å². The summed E-state index contributed by atoms with van der Waals surface area (Å²) in [5.74, 6) is 1.75. The minimum absolute atomic E-state index is 0.0424. The van der Waals surface area contributed by atoms with Crippen molar-refractivity contribution in [1.29, 1.82) is 0 Å². The molecule has 6 rings (SSSR count). The van der Waals surface area contributed by atoms with E-state index in [1.165, 1.54) is 11.1 Å². The molecule has 2 aliphatic heterocycles. The number of nitrogens with one attached hydrogen (secondary N) is 1. The molecule has 4 aromatic rings. The summed E-state index contributed by atoms with van der Waals surface area (Å²) in [4.78, 5) is 18.8. The molecule has 1 fully saturated rings. The molecular weight excluding hydrogens is 550 g/mol. The summed E-state index contributed by atoms with van der Waals surface area (Å²) in [7, 11) is 1.97. The Labute approximate surface area is 250 Å². The zero-order valence-corrected chi connectivity index (χ0v) is 24.9. The van der Waals surface area contributed by atoms with Crippen LogP contribution in [0.15, 0.2) is 48.0 Å². The number of ether oxygens (including phenoxy) is 2. The van der Waals surface area contributed by atoms with Crippen LogP contribution in [0.5, 0.6) is 11.5 Å². The lowest BCUT2D eigenvalue weighted by Crippen LogP contribution is -2.33. The molecule has 0 aliphatic carbocycles. The monoisotopic (exact) mass is 588 g/mol. The molecule has 0 radical (unpaired) electrons. The lowest BCUT2D eigenvalue weighted by molar-refractivity contribution is -0.661. The van der Waals surface area contributed by atoms with Crippen molar-refractivity contribution < 1.29 is 19.0 Å². The predicted molar refractivity (Wildman–Crippen MR) is 161 cm³/mol. The van der Waals surface area contributed by atoms with Gasteiger partial charge in [0.05, 0.1) is 29.6 Å². The molecule has 0 atom stereocenters. The summed E-state index contributed by atoms with van der Waals surface area (Å²) < 4.78 is 15.8. The van der Waals surface area contributed by atoms with Gasteiger partial charge in [-0.25, -0.2) is 9.78 Å². The number of aryl methyl sites for hydroxylation is 4. The van der Waals surface area contributed by atoms with Gasteiger partial charge in [-0.05, 0) is 61.6 Å². The van der Waals surface area contributed by atoms with E-state index in [0.29, 0.717) is 32.8 Å². The van der Waals surface area contributed by atoms with Crippen molar-refractivity contribution in [3.63, 3.8) is 0 Å². The molecule has 0 unspecified atom stereocenters. The van der Waals surface area contributed by atoms with Crippen molar-refractivity contribution in [2.24, 2.45) is 12.8 Å². The number of amides is 2. The Balaban J connectivity index is 1.20. The Hall–Kier alpha value is -3.96. The van der Waals surface area contributed by atoms with Gasteiger partial charge in [-0.3, -0.25) is 0 Å². The number of nitrogens with zero attached hydrogens (tertiary/aromatic N) is 5. The van der Waals surface area contributed by atoms with Crippen LogP contribution in [0, 0.1) is 0 Å². The Bertz CT molecular complexity index is 1550. The highest BCUT2D eigenvalue weighted by atomic mass is 32.1. The van der Waals surface area contributed by atoms with Crippen molar-refractivity contribution in [3.05, 3.63) is 70.5 Å². The van der Waals surface area contributed by atoms with E-state index < -0.39 is 0 Å². The summed E-state index contributed by atoms with van der Waals surface area (Å²) >= 11 is 1.63. The highest BCUT2D eigenvalue weighted by Gasteiger charge is 2.21. The molecule has 0 saturated carbocycles. The van der Waals surface area contributed by atoms with Crippen LogP contribution in [-0.4, -0.2) is 65.2 Å². The first-order valence-corrected chi connectivity index (χ1v) is 15.6. The number of hydrogen-bond donors (Lipinski definition) is 2. The van der Waals surface area contributed by atoms with Gasteiger partial charge >= 0.3 is 6.03 Å². The van der Waals surface area contributed by atoms with E-state index in [9.17, 15) is 4.79 Å². The number of nitrogens with two attached hydrogens (primary N) is 1. The Morgan fingerprint density at radius 1 is 1.17 bits per heavy atom. The van der Waals surface area contributed by atoms with Crippen LogP contribution in [0.4, 0.5) is 4.79 Å². The second kappa shape index (κ2) is 12.9. The topological polar surface area (TPSA) is 111 Å². The molecule has 11 heteroatoms. The van der Waals surface area contributed by atoms with Gasteiger partial charge in [-0.1, -0.05) is 12.1 Å². The van der Waals surface area contributed by atoms with Gasteiger partial charge in [0.2, 0.25) is 0 Å². The molecule has 2 amide bonds. The molecule has 0 spiro atoms. The van der Waals surface area contributed by atoms with E-state index in [4.69, 9.17) is 25.4 Å². The maximum absolute atomic E-state index is 12.0. The summed E-state index contributed by atoms with van der Waals surface area (Å²) in [6.45, 7) is 3.75. The smallest absolute Gasteiger partial charge is 0.317 e. The number of carbonyl (C=O) groups is 1. The van der Waals surface area contributed by atoms with Gasteiger partial charge in [0.15, 0.2) is 17.6 Å². The molecule has 1 saturated heterocycles. The largest absolute Gasteiger partial charge is 0.493 e. The summed E-state index contributed by atoms with van der Waals surface area (Å²) in [5.41, 5.74) is 12.4.